The molecule has 0 aromatic heterocycles. The Hall–Kier alpha value is -2.28. The molecular formula is C22H25Cl2N4O2. The Morgan fingerprint density at radius 2 is 1.67 bits per heavy atom. The van der Waals surface area contributed by atoms with Crippen LogP contribution in [0.3, 0.4) is 0 Å². The molecule has 1 fully saturated rings. The third-order valence-corrected chi connectivity index (χ3v) is 5.98. The Bertz CT molecular complexity index is 876. The van der Waals surface area contributed by atoms with E-state index in [1.54, 1.807) is 23.1 Å². The van der Waals surface area contributed by atoms with Gasteiger partial charge in [-0.1, -0.05) is 48.3 Å². The van der Waals surface area contributed by atoms with Gasteiger partial charge in [0.25, 0.3) is 0 Å². The summed E-state index contributed by atoms with van der Waals surface area (Å²) in [5.74, 6) is 0.0606. The molecular weight excluding hydrogens is 423 g/mol. The Balaban J connectivity index is 1.54. The van der Waals surface area contributed by atoms with Gasteiger partial charge in [-0.15, -0.1) is 0 Å². The highest BCUT2D eigenvalue weighted by molar-refractivity contribution is 6.39. The van der Waals surface area contributed by atoms with Crippen molar-refractivity contribution >= 4 is 46.5 Å². The summed E-state index contributed by atoms with van der Waals surface area (Å²) in [6, 6.07) is 11.9. The van der Waals surface area contributed by atoms with Crippen molar-refractivity contribution in [3.8, 4) is 0 Å². The number of rotatable bonds is 5. The second kappa shape index (κ2) is 10.2. The largest absolute Gasteiger partial charge is 0.325 e. The van der Waals surface area contributed by atoms with Crippen LogP contribution in [0.2, 0.25) is 10.0 Å². The zero-order valence-corrected chi connectivity index (χ0v) is 18.3. The number of carbonyl (C=O) groups excluding carboxylic acids is 2. The molecule has 1 unspecified atom stereocenters. The summed E-state index contributed by atoms with van der Waals surface area (Å²) in [7, 11) is 0. The van der Waals surface area contributed by atoms with Gasteiger partial charge in [0.05, 0.1) is 15.7 Å². The number of likely N-dealkylation sites (tertiary alicyclic amines) is 1. The number of para-hydroxylation sites is 1. The van der Waals surface area contributed by atoms with Gasteiger partial charge in [-0.2, -0.15) is 0 Å². The molecule has 3 rings (SSSR count). The zero-order chi connectivity index (χ0) is 21.7. The number of amides is 3. The molecule has 30 heavy (non-hydrogen) atoms. The molecule has 3 N–H and O–H groups in total. The lowest BCUT2D eigenvalue weighted by molar-refractivity contribution is -0.117. The number of halogens is 2. The van der Waals surface area contributed by atoms with Crippen LogP contribution >= 0.6 is 23.2 Å². The van der Waals surface area contributed by atoms with Crippen molar-refractivity contribution in [2.75, 3.05) is 23.7 Å². The van der Waals surface area contributed by atoms with Crippen LogP contribution in [0.25, 0.3) is 0 Å². The van der Waals surface area contributed by atoms with E-state index in [1.165, 1.54) is 5.56 Å². The van der Waals surface area contributed by atoms with Gasteiger partial charge in [-0.25, -0.2) is 10.5 Å². The van der Waals surface area contributed by atoms with Crippen molar-refractivity contribution in [2.45, 2.75) is 38.1 Å². The molecule has 1 radical (unpaired) electrons. The number of nitrogens with one attached hydrogen (secondary N) is 3. The van der Waals surface area contributed by atoms with Crippen LogP contribution in [0.15, 0.2) is 42.5 Å². The van der Waals surface area contributed by atoms with Crippen molar-refractivity contribution in [2.24, 2.45) is 0 Å². The number of carbonyl (C=O) groups is 2. The molecule has 1 heterocycles. The summed E-state index contributed by atoms with van der Waals surface area (Å²) in [5, 5.41) is 6.40. The molecule has 0 aliphatic carbocycles. The van der Waals surface area contributed by atoms with Crippen LogP contribution in [0.1, 0.15) is 37.7 Å². The number of anilines is 2. The van der Waals surface area contributed by atoms with Gasteiger partial charge in [-0.3, -0.25) is 4.79 Å². The summed E-state index contributed by atoms with van der Waals surface area (Å²) in [5.41, 5.74) is 9.97. The van der Waals surface area contributed by atoms with E-state index in [4.69, 9.17) is 28.9 Å². The molecule has 2 aromatic rings. The van der Waals surface area contributed by atoms with E-state index in [9.17, 15) is 9.59 Å². The minimum Gasteiger partial charge on any atom is -0.325 e. The van der Waals surface area contributed by atoms with Gasteiger partial charge in [-0.05, 0) is 55.0 Å². The molecule has 1 aliphatic heterocycles. The van der Waals surface area contributed by atoms with E-state index < -0.39 is 6.04 Å². The highest BCUT2D eigenvalue weighted by atomic mass is 35.5. The predicted molar refractivity (Wildman–Crippen MR) is 121 cm³/mol. The van der Waals surface area contributed by atoms with Crippen molar-refractivity contribution in [3.63, 3.8) is 0 Å². The van der Waals surface area contributed by atoms with Crippen LogP contribution in [-0.2, 0) is 4.79 Å². The lowest BCUT2D eigenvalue weighted by atomic mass is 9.89. The molecule has 0 spiro atoms. The van der Waals surface area contributed by atoms with E-state index in [-0.39, 0.29) is 11.9 Å². The van der Waals surface area contributed by atoms with Crippen molar-refractivity contribution in [1.29, 1.82) is 0 Å². The lowest BCUT2D eigenvalue weighted by Gasteiger charge is -2.32. The molecule has 159 valence electrons. The topological polar surface area (TPSA) is 85.2 Å². The van der Waals surface area contributed by atoms with Crippen LogP contribution in [-0.4, -0.2) is 36.0 Å². The Labute approximate surface area is 186 Å². The van der Waals surface area contributed by atoms with Crippen LogP contribution in [0.5, 0.6) is 0 Å². The fraction of sp³-hybridized carbons (Fsp3) is 0.364. The van der Waals surface area contributed by atoms with Crippen LogP contribution < -0.4 is 16.4 Å². The lowest BCUT2D eigenvalue weighted by Crippen LogP contribution is -2.40. The number of nitrogens with zero attached hydrogens (tertiary/aromatic N) is 1. The average Bonchev–Trinajstić information content (AvgIpc) is 2.76. The van der Waals surface area contributed by atoms with E-state index in [1.807, 2.05) is 31.2 Å². The number of piperidine rings is 1. The first-order valence-corrected chi connectivity index (χ1v) is 10.8. The highest BCUT2D eigenvalue weighted by Gasteiger charge is 2.24. The summed E-state index contributed by atoms with van der Waals surface area (Å²) >= 11 is 12.3. The minimum absolute atomic E-state index is 0.206. The van der Waals surface area contributed by atoms with E-state index in [0.29, 0.717) is 46.8 Å². The number of benzene rings is 2. The summed E-state index contributed by atoms with van der Waals surface area (Å²) in [6.45, 7) is 3.08. The normalized spacial score (nSPS) is 15.5. The van der Waals surface area contributed by atoms with Gasteiger partial charge in [0, 0.05) is 18.8 Å². The summed E-state index contributed by atoms with van der Waals surface area (Å²) in [6.07, 6.45) is 2.18. The van der Waals surface area contributed by atoms with E-state index in [0.717, 1.165) is 12.8 Å². The molecule has 2 aromatic carbocycles. The van der Waals surface area contributed by atoms with Crippen LogP contribution in [0.4, 0.5) is 16.2 Å². The Kier molecular flexibility index (Phi) is 7.58. The first kappa shape index (κ1) is 22.4. The summed E-state index contributed by atoms with van der Waals surface area (Å²) in [4.78, 5) is 26.2. The molecule has 1 aliphatic rings. The molecule has 1 saturated heterocycles. The number of hydrogen-bond acceptors (Lipinski definition) is 2. The zero-order valence-electron chi connectivity index (χ0n) is 16.8. The van der Waals surface area contributed by atoms with Crippen LogP contribution in [0, 0.1) is 0 Å². The molecule has 6 nitrogen and oxygen atoms in total. The fourth-order valence-corrected chi connectivity index (χ4v) is 3.96. The Morgan fingerprint density at radius 3 is 2.23 bits per heavy atom. The van der Waals surface area contributed by atoms with Gasteiger partial charge in [0.1, 0.15) is 6.04 Å². The van der Waals surface area contributed by atoms with Gasteiger partial charge < -0.3 is 15.5 Å². The third kappa shape index (κ3) is 5.45. The van der Waals surface area contributed by atoms with E-state index in [2.05, 4.69) is 10.6 Å². The van der Waals surface area contributed by atoms with Crippen molar-refractivity contribution in [1.82, 2.24) is 10.6 Å². The standard InChI is InChI=1S/C22H25Cl2N4O2/c1-2-19(25)21(29)26-16-8-6-14(7-9-16)15-10-12-28(13-11-15)22(30)27-20-17(23)4-3-5-18(20)24/h3-9,15,19,25H,2,10-13H2,1H3,(H,26,29)(H,27,30). The highest BCUT2D eigenvalue weighted by Crippen LogP contribution is 2.32. The predicted octanol–water partition coefficient (Wildman–Crippen LogP) is 5.40. The first-order valence-electron chi connectivity index (χ1n) is 10.0. The smallest absolute Gasteiger partial charge is 0.321 e. The maximum absolute atomic E-state index is 12.6. The fourth-order valence-electron chi connectivity index (χ4n) is 3.47. The minimum atomic E-state index is -0.749. The van der Waals surface area contributed by atoms with Gasteiger partial charge in [0.2, 0.25) is 5.91 Å². The molecule has 1 atom stereocenters. The SMILES string of the molecule is CCC([NH])C(=O)Nc1ccc(C2CCN(C(=O)Nc3c(Cl)cccc3Cl)CC2)cc1. The number of hydrogen-bond donors (Lipinski definition) is 2. The second-order valence-corrected chi connectivity index (χ2v) is 8.17. The Morgan fingerprint density at radius 1 is 1.07 bits per heavy atom. The molecule has 8 heteroatoms. The first-order chi connectivity index (χ1) is 14.4. The molecule has 3 amide bonds. The quantitative estimate of drug-likeness (QED) is 0.642. The monoisotopic (exact) mass is 447 g/mol. The molecule has 0 saturated carbocycles. The number of urea groups is 1. The van der Waals surface area contributed by atoms with Crippen molar-refractivity contribution < 1.29 is 9.59 Å². The third-order valence-electron chi connectivity index (χ3n) is 5.35. The maximum Gasteiger partial charge on any atom is 0.321 e. The maximum atomic E-state index is 12.6. The van der Waals surface area contributed by atoms with Gasteiger partial charge >= 0.3 is 6.03 Å². The average molecular weight is 448 g/mol. The van der Waals surface area contributed by atoms with E-state index >= 15 is 0 Å². The summed E-state index contributed by atoms with van der Waals surface area (Å²) < 4.78 is 0. The van der Waals surface area contributed by atoms with Gasteiger partial charge in [0.15, 0.2) is 0 Å². The second-order valence-electron chi connectivity index (χ2n) is 7.36. The molecule has 0 bridgehead atoms. The van der Waals surface area contributed by atoms with Crippen molar-refractivity contribution in [3.05, 3.63) is 58.1 Å².